The molecule has 1 heterocycles. The van der Waals surface area contributed by atoms with Crippen LogP contribution < -0.4 is 4.90 Å². The number of anilines is 1. The van der Waals surface area contributed by atoms with Gasteiger partial charge in [0, 0.05) is 25.3 Å². The summed E-state index contributed by atoms with van der Waals surface area (Å²) >= 11 is 0. The third-order valence-electron chi connectivity index (χ3n) is 6.87. The van der Waals surface area contributed by atoms with Gasteiger partial charge in [-0.3, -0.25) is 0 Å². The lowest BCUT2D eigenvalue weighted by Gasteiger charge is -2.37. The number of esters is 1. The van der Waals surface area contributed by atoms with Gasteiger partial charge in [0.2, 0.25) is 0 Å². The van der Waals surface area contributed by atoms with Crippen molar-refractivity contribution in [3.63, 3.8) is 0 Å². The van der Waals surface area contributed by atoms with Gasteiger partial charge >= 0.3 is 5.97 Å². The van der Waals surface area contributed by atoms with Crippen LogP contribution in [0.25, 0.3) is 11.1 Å². The number of alkyl halides is 1. The Morgan fingerprint density at radius 1 is 0.944 bits per heavy atom. The summed E-state index contributed by atoms with van der Waals surface area (Å²) in [5, 5.41) is 0. The Hall–Kier alpha value is -3.18. The van der Waals surface area contributed by atoms with Crippen molar-refractivity contribution in [1.82, 2.24) is 4.90 Å². The normalized spacial score (nSPS) is 15.0. The summed E-state index contributed by atoms with van der Waals surface area (Å²) in [6.45, 7) is 7.58. The van der Waals surface area contributed by atoms with Crippen molar-refractivity contribution in [2.75, 3.05) is 38.2 Å². The topological polar surface area (TPSA) is 32.8 Å². The van der Waals surface area contributed by atoms with E-state index in [1.165, 1.54) is 18.4 Å². The smallest absolute Gasteiger partial charge is 0.337 e. The third kappa shape index (κ3) is 7.17. The highest BCUT2D eigenvalue weighted by Crippen LogP contribution is 2.28. The lowest BCUT2D eigenvalue weighted by Crippen LogP contribution is -2.43. The van der Waals surface area contributed by atoms with Gasteiger partial charge in [-0.1, -0.05) is 54.6 Å². The molecule has 0 atom stereocenters. The Kier molecular flexibility index (Phi) is 8.42. The van der Waals surface area contributed by atoms with Crippen LogP contribution in [0.5, 0.6) is 0 Å². The predicted octanol–water partition coefficient (Wildman–Crippen LogP) is 6.61. The van der Waals surface area contributed by atoms with E-state index < -0.39 is 5.67 Å². The van der Waals surface area contributed by atoms with E-state index in [0.29, 0.717) is 18.0 Å². The highest BCUT2D eigenvalue weighted by molar-refractivity contribution is 5.90. The number of methoxy groups -OCH3 is 1. The van der Waals surface area contributed by atoms with Crippen LogP contribution in [-0.2, 0) is 11.3 Å². The number of piperidine rings is 1. The third-order valence-corrected chi connectivity index (χ3v) is 6.87. The average molecular weight is 489 g/mol. The average Bonchev–Trinajstić information content (AvgIpc) is 2.89. The number of benzene rings is 3. The predicted molar refractivity (Wildman–Crippen MR) is 145 cm³/mol. The lowest BCUT2D eigenvalue weighted by molar-refractivity contribution is 0.0600. The first kappa shape index (κ1) is 25.9. The van der Waals surface area contributed by atoms with E-state index in [9.17, 15) is 9.18 Å². The molecule has 190 valence electrons. The first-order valence-electron chi connectivity index (χ1n) is 12.8. The molecule has 4 nitrogen and oxygen atoms in total. The standard InChI is InChI=1S/C31H37FN2O2/c1-31(2,32)23-33-19-17-25(18-20-33)22-34(21-24-7-5-4-6-8-24)29-15-13-27(14-16-29)26-9-11-28(12-10-26)30(35)36-3/h4-16,25H,17-23H2,1-3H3. The van der Waals surface area contributed by atoms with Gasteiger partial charge in [-0.2, -0.15) is 0 Å². The number of carbonyl (C=O) groups is 1. The fourth-order valence-electron chi connectivity index (χ4n) is 5.02. The molecule has 0 bridgehead atoms. The molecule has 1 saturated heterocycles. The van der Waals surface area contributed by atoms with Crippen LogP contribution in [0, 0.1) is 5.92 Å². The van der Waals surface area contributed by atoms with Gasteiger partial charge < -0.3 is 14.5 Å². The van der Waals surface area contributed by atoms with Crippen LogP contribution in [-0.4, -0.2) is 49.8 Å². The molecule has 3 aromatic carbocycles. The fourth-order valence-corrected chi connectivity index (χ4v) is 5.02. The first-order valence-corrected chi connectivity index (χ1v) is 12.8. The highest BCUT2D eigenvalue weighted by atomic mass is 19.1. The van der Waals surface area contributed by atoms with Crippen molar-refractivity contribution in [3.8, 4) is 11.1 Å². The minimum Gasteiger partial charge on any atom is -0.465 e. The second kappa shape index (κ2) is 11.7. The molecule has 0 aromatic heterocycles. The van der Waals surface area contributed by atoms with Crippen molar-refractivity contribution in [2.24, 2.45) is 5.92 Å². The van der Waals surface area contributed by atoms with Crippen molar-refractivity contribution in [1.29, 1.82) is 0 Å². The number of ether oxygens (including phenoxy) is 1. The van der Waals surface area contributed by atoms with Crippen LogP contribution in [0.3, 0.4) is 0 Å². The van der Waals surface area contributed by atoms with E-state index in [0.717, 1.165) is 50.1 Å². The molecule has 0 aliphatic carbocycles. The van der Waals surface area contributed by atoms with Crippen molar-refractivity contribution >= 4 is 11.7 Å². The van der Waals surface area contributed by atoms with E-state index in [1.54, 1.807) is 26.0 Å². The molecule has 5 heteroatoms. The molecule has 0 N–H and O–H groups in total. The van der Waals surface area contributed by atoms with E-state index in [-0.39, 0.29) is 5.97 Å². The highest BCUT2D eigenvalue weighted by Gasteiger charge is 2.26. The maximum Gasteiger partial charge on any atom is 0.337 e. The summed E-state index contributed by atoms with van der Waals surface area (Å²) in [5.41, 5.74) is 4.06. The number of rotatable bonds is 9. The molecule has 0 saturated carbocycles. The molecule has 0 spiro atoms. The van der Waals surface area contributed by atoms with Gasteiger partial charge in [-0.15, -0.1) is 0 Å². The Morgan fingerprint density at radius 2 is 1.53 bits per heavy atom. The zero-order valence-corrected chi connectivity index (χ0v) is 21.6. The number of hydrogen-bond acceptors (Lipinski definition) is 4. The van der Waals surface area contributed by atoms with Crippen molar-refractivity contribution < 1.29 is 13.9 Å². The van der Waals surface area contributed by atoms with Crippen LogP contribution in [0.2, 0.25) is 0 Å². The summed E-state index contributed by atoms with van der Waals surface area (Å²) < 4.78 is 18.9. The summed E-state index contributed by atoms with van der Waals surface area (Å²) in [6, 6.07) is 26.8. The first-order chi connectivity index (χ1) is 17.3. The van der Waals surface area contributed by atoms with Crippen molar-refractivity contribution in [2.45, 2.75) is 38.9 Å². The Bertz CT molecular complexity index is 1100. The molecule has 1 fully saturated rings. The SMILES string of the molecule is COC(=O)c1ccc(-c2ccc(N(Cc3ccccc3)CC3CCN(CC(C)(C)F)CC3)cc2)cc1. The fraction of sp³-hybridized carbons (Fsp3) is 0.387. The molecule has 1 aliphatic rings. The molecule has 0 amide bonds. The van der Waals surface area contributed by atoms with E-state index in [4.69, 9.17) is 4.74 Å². The molecular formula is C31H37FN2O2. The minimum absolute atomic E-state index is 0.326. The summed E-state index contributed by atoms with van der Waals surface area (Å²) in [6.07, 6.45) is 2.18. The Labute approximate surface area is 214 Å². The molecule has 4 rings (SSSR count). The second-order valence-corrected chi connectivity index (χ2v) is 10.4. The van der Waals surface area contributed by atoms with Crippen LogP contribution in [0.1, 0.15) is 42.6 Å². The second-order valence-electron chi connectivity index (χ2n) is 10.4. The van der Waals surface area contributed by atoms with E-state index in [1.807, 2.05) is 12.1 Å². The van der Waals surface area contributed by atoms with Crippen molar-refractivity contribution in [3.05, 3.63) is 90.0 Å². The number of nitrogens with zero attached hydrogens (tertiary/aromatic N) is 2. The maximum absolute atomic E-state index is 14.1. The lowest BCUT2D eigenvalue weighted by atomic mass is 9.94. The van der Waals surface area contributed by atoms with E-state index >= 15 is 0 Å². The number of hydrogen-bond donors (Lipinski definition) is 0. The van der Waals surface area contributed by atoms with Crippen LogP contribution in [0.15, 0.2) is 78.9 Å². The largest absolute Gasteiger partial charge is 0.465 e. The van der Waals surface area contributed by atoms with Crippen LogP contribution in [0.4, 0.5) is 10.1 Å². The summed E-state index contributed by atoms with van der Waals surface area (Å²) in [7, 11) is 1.39. The van der Waals surface area contributed by atoms with Gasteiger partial charge in [-0.05, 0) is 86.7 Å². The zero-order chi connectivity index (χ0) is 25.5. The maximum atomic E-state index is 14.1. The monoisotopic (exact) mass is 488 g/mol. The van der Waals surface area contributed by atoms with Gasteiger partial charge in [-0.25, -0.2) is 9.18 Å². The molecule has 0 unspecified atom stereocenters. The van der Waals surface area contributed by atoms with Gasteiger partial charge in [0.05, 0.1) is 12.7 Å². The quantitative estimate of drug-likeness (QED) is 0.318. The summed E-state index contributed by atoms with van der Waals surface area (Å²) in [5.74, 6) is 0.255. The van der Waals surface area contributed by atoms with Gasteiger partial charge in [0.25, 0.3) is 0 Å². The molecule has 1 aliphatic heterocycles. The molecule has 36 heavy (non-hydrogen) atoms. The number of halogens is 1. The molecule has 3 aromatic rings. The minimum atomic E-state index is -1.15. The molecule has 0 radical (unpaired) electrons. The number of likely N-dealkylation sites (tertiary alicyclic amines) is 1. The Balaban J connectivity index is 1.46. The van der Waals surface area contributed by atoms with Crippen LogP contribution >= 0.6 is 0 Å². The van der Waals surface area contributed by atoms with Gasteiger partial charge in [0.15, 0.2) is 0 Å². The number of carbonyl (C=O) groups excluding carboxylic acids is 1. The van der Waals surface area contributed by atoms with E-state index in [2.05, 4.69) is 64.4 Å². The molecular weight excluding hydrogens is 451 g/mol. The van der Waals surface area contributed by atoms with Gasteiger partial charge in [0.1, 0.15) is 5.67 Å². The Morgan fingerprint density at radius 3 is 2.08 bits per heavy atom. The summed E-state index contributed by atoms with van der Waals surface area (Å²) in [4.78, 5) is 16.5. The zero-order valence-electron chi connectivity index (χ0n) is 21.6.